The Kier molecular flexibility index (Phi) is 3.28. The monoisotopic (exact) mass is 230 g/mol. The van der Waals surface area contributed by atoms with Gasteiger partial charge in [-0.05, 0) is 25.0 Å². The number of carbonyl (C=O) groups is 1. The average molecular weight is 230 g/mol. The zero-order chi connectivity index (χ0) is 12.5. The molecule has 1 atom stereocenters. The lowest BCUT2D eigenvalue weighted by Crippen LogP contribution is -2.35. The summed E-state index contributed by atoms with van der Waals surface area (Å²) in [6.45, 7) is 3.21. The Balaban J connectivity index is 3.19. The van der Waals surface area contributed by atoms with Crippen molar-refractivity contribution in [3.8, 4) is 0 Å². The summed E-state index contributed by atoms with van der Waals surface area (Å²) in [7, 11) is 0. The minimum atomic E-state index is -4.18. The zero-order valence-electron chi connectivity index (χ0n) is 8.87. The van der Waals surface area contributed by atoms with Crippen LogP contribution in [0.3, 0.4) is 0 Å². The second-order valence-electron chi connectivity index (χ2n) is 3.69. The van der Waals surface area contributed by atoms with Gasteiger partial charge in [-0.1, -0.05) is 23.8 Å². The number of benzene rings is 1. The van der Waals surface area contributed by atoms with Crippen LogP contribution in [-0.2, 0) is 4.79 Å². The van der Waals surface area contributed by atoms with Crippen LogP contribution < -0.4 is 0 Å². The molecule has 1 unspecified atom stereocenters. The summed E-state index contributed by atoms with van der Waals surface area (Å²) in [4.78, 5) is 10.3. The molecule has 0 saturated carbocycles. The van der Waals surface area contributed by atoms with E-state index in [2.05, 4.69) is 0 Å². The first-order chi connectivity index (χ1) is 7.26. The number of hydrogen-bond acceptors (Lipinski definition) is 2. The standard InChI is InChI=1S/C11H12F2O3/c1-6-3-4-7(2)8(5-6)9(14)11(12,13)10(15)16/h3-5,9,14H,1-2H3,(H,15,16). The van der Waals surface area contributed by atoms with E-state index in [1.165, 1.54) is 13.0 Å². The largest absolute Gasteiger partial charge is 0.477 e. The molecule has 0 aromatic heterocycles. The quantitative estimate of drug-likeness (QED) is 0.835. The molecular weight excluding hydrogens is 218 g/mol. The van der Waals surface area contributed by atoms with Crippen LogP contribution in [0.4, 0.5) is 8.78 Å². The first-order valence-electron chi connectivity index (χ1n) is 4.63. The zero-order valence-corrected chi connectivity index (χ0v) is 8.87. The lowest BCUT2D eigenvalue weighted by molar-refractivity contribution is -0.183. The number of hydrogen-bond donors (Lipinski definition) is 2. The molecule has 5 heteroatoms. The second-order valence-corrected chi connectivity index (χ2v) is 3.69. The van der Waals surface area contributed by atoms with Gasteiger partial charge in [0.05, 0.1) is 0 Å². The highest BCUT2D eigenvalue weighted by molar-refractivity contribution is 5.76. The van der Waals surface area contributed by atoms with Gasteiger partial charge in [-0.2, -0.15) is 8.78 Å². The van der Waals surface area contributed by atoms with E-state index in [-0.39, 0.29) is 5.56 Å². The molecule has 1 aromatic carbocycles. The van der Waals surface area contributed by atoms with Gasteiger partial charge < -0.3 is 10.2 Å². The highest BCUT2D eigenvalue weighted by Gasteiger charge is 2.48. The summed E-state index contributed by atoms with van der Waals surface area (Å²) < 4.78 is 26.2. The van der Waals surface area contributed by atoms with Crippen LogP contribution in [-0.4, -0.2) is 22.1 Å². The molecule has 1 aromatic rings. The van der Waals surface area contributed by atoms with E-state index in [4.69, 9.17) is 5.11 Å². The van der Waals surface area contributed by atoms with E-state index in [0.717, 1.165) is 0 Å². The number of aliphatic carboxylic acids is 1. The Bertz CT molecular complexity index is 416. The number of aliphatic hydroxyl groups is 1. The minimum absolute atomic E-state index is 0.0626. The van der Waals surface area contributed by atoms with E-state index in [1.807, 2.05) is 0 Å². The van der Waals surface area contributed by atoms with E-state index in [1.54, 1.807) is 19.1 Å². The molecule has 88 valence electrons. The maximum atomic E-state index is 13.1. The van der Waals surface area contributed by atoms with Crippen LogP contribution in [0, 0.1) is 13.8 Å². The van der Waals surface area contributed by atoms with Crippen LogP contribution in [0.25, 0.3) is 0 Å². The summed E-state index contributed by atoms with van der Waals surface area (Å²) in [5.74, 6) is -6.51. The van der Waals surface area contributed by atoms with Crippen molar-refractivity contribution >= 4 is 5.97 Å². The molecule has 0 saturated heterocycles. The molecule has 16 heavy (non-hydrogen) atoms. The maximum absolute atomic E-state index is 13.1. The van der Waals surface area contributed by atoms with Gasteiger partial charge in [0.15, 0.2) is 6.10 Å². The maximum Gasteiger partial charge on any atom is 0.377 e. The number of alkyl halides is 2. The molecular formula is C11H12F2O3. The fourth-order valence-corrected chi connectivity index (χ4v) is 1.37. The Morgan fingerprint density at radius 3 is 2.44 bits per heavy atom. The number of rotatable bonds is 3. The summed E-state index contributed by atoms with van der Waals surface area (Å²) in [6.07, 6.45) is -2.33. The molecule has 0 fully saturated rings. The van der Waals surface area contributed by atoms with Gasteiger partial charge in [-0.3, -0.25) is 0 Å². The fraction of sp³-hybridized carbons (Fsp3) is 0.364. The van der Waals surface area contributed by atoms with Crippen molar-refractivity contribution in [2.75, 3.05) is 0 Å². The van der Waals surface area contributed by atoms with E-state index < -0.39 is 18.0 Å². The van der Waals surface area contributed by atoms with Gasteiger partial charge in [0.1, 0.15) is 0 Å². The van der Waals surface area contributed by atoms with Crippen molar-refractivity contribution in [3.63, 3.8) is 0 Å². The summed E-state index contributed by atoms with van der Waals surface area (Å²) in [5, 5.41) is 17.7. The predicted octanol–water partition coefficient (Wildman–Crippen LogP) is 2.06. The van der Waals surface area contributed by atoms with Gasteiger partial charge in [-0.25, -0.2) is 4.79 Å². The predicted molar refractivity (Wildman–Crippen MR) is 53.5 cm³/mol. The van der Waals surface area contributed by atoms with Crippen LogP contribution in [0.1, 0.15) is 22.8 Å². The molecule has 0 radical (unpaired) electrons. The van der Waals surface area contributed by atoms with Gasteiger partial charge >= 0.3 is 11.9 Å². The molecule has 0 aliphatic rings. The van der Waals surface area contributed by atoms with Gasteiger partial charge in [0.25, 0.3) is 0 Å². The Morgan fingerprint density at radius 1 is 1.38 bits per heavy atom. The van der Waals surface area contributed by atoms with Gasteiger partial charge in [-0.15, -0.1) is 0 Å². The molecule has 1 rings (SSSR count). The number of carboxylic acid groups (broad SMARTS) is 1. The van der Waals surface area contributed by atoms with Crippen LogP contribution in [0.5, 0.6) is 0 Å². The lowest BCUT2D eigenvalue weighted by Gasteiger charge is -2.20. The normalized spacial score (nSPS) is 13.6. The third kappa shape index (κ3) is 2.19. The molecule has 0 aliphatic carbocycles. The number of aryl methyl sites for hydroxylation is 2. The smallest absolute Gasteiger partial charge is 0.377 e. The first-order valence-corrected chi connectivity index (χ1v) is 4.63. The molecule has 2 N–H and O–H groups in total. The van der Waals surface area contributed by atoms with Crippen molar-refractivity contribution in [2.45, 2.75) is 25.9 Å². The highest BCUT2D eigenvalue weighted by atomic mass is 19.3. The third-order valence-corrected chi connectivity index (χ3v) is 2.36. The third-order valence-electron chi connectivity index (χ3n) is 2.36. The Hall–Kier alpha value is -1.49. The van der Waals surface area contributed by atoms with Crippen molar-refractivity contribution in [1.29, 1.82) is 0 Å². The van der Waals surface area contributed by atoms with Crippen LogP contribution in [0.2, 0.25) is 0 Å². The molecule has 0 aliphatic heterocycles. The minimum Gasteiger partial charge on any atom is -0.477 e. The van der Waals surface area contributed by atoms with Crippen molar-refractivity contribution in [1.82, 2.24) is 0 Å². The number of aliphatic hydroxyl groups excluding tert-OH is 1. The summed E-state index contributed by atoms with van der Waals surface area (Å²) in [6, 6.07) is 4.62. The highest BCUT2D eigenvalue weighted by Crippen LogP contribution is 2.33. The number of carboxylic acids is 1. The fourth-order valence-electron chi connectivity index (χ4n) is 1.37. The van der Waals surface area contributed by atoms with Crippen molar-refractivity contribution in [2.24, 2.45) is 0 Å². The van der Waals surface area contributed by atoms with E-state index in [0.29, 0.717) is 11.1 Å². The van der Waals surface area contributed by atoms with Crippen LogP contribution in [0.15, 0.2) is 18.2 Å². The van der Waals surface area contributed by atoms with Gasteiger partial charge in [0.2, 0.25) is 0 Å². The number of halogens is 2. The second kappa shape index (κ2) is 4.17. The Morgan fingerprint density at radius 2 is 1.94 bits per heavy atom. The van der Waals surface area contributed by atoms with Crippen molar-refractivity contribution < 1.29 is 23.8 Å². The van der Waals surface area contributed by atoms with Crippen molar-refractivity contribution in [3.05, 3.63) is 34.9 Å². The molecule has 0 heterocycles. The average Bonchev–Trinajstić information content (AvgIpc) is 2.20. The van der Waals surface area contributed by atoms with E-state index in [9.17, 15) is 18.7 Å². The first kappa shape index (κ1) is 12.6. The van der Waals surface area contributed by atoms with E-state index >= 15 is 0 Å². The lowest BCUT2D eigenvalue weighted by atomic mass is 9.97. The summed E-state index contributed by atoms with van der Waals surface area (Å²) >= 11 is 0. The Labute approximate surface area is 91.3 Å². The molecule has 3 nitrogen and oxygen atoms in total. The molecule has 0 bridgehead atoms. The van der Waals surface area contributed by atoms with Gasteiger partial charge in [0, 0.05) is 0 Å². The van der Waals surface area contributed by atoms with Crippen LogP contribution >= 0.6 is 0 Å². The summed E-state index contributed by atoms with van der Waals surface area (Å²) in [5.41, 5.74) is 1.05. The molecule has 0 spiro atoms. The topological polar surface area (TPSA) is 57.5 Å². The molecule has 0 amide bonds. The SMILES string of the molecule is Cc1ccc(C)c(C(O)C(F)(F)C(=O)O)c1.